The Kier molecular flexibility index (Phi) is 6.10. The highest BCUT2D eigenvalue weighted by molar-refractivity contribution is 7.90. The minimum atomic E-state index is -4.25. The Hall–Kier alpha value is -3.99. The molecule has 1 amide bonds. The summed E-state index contributed by atoms with van der Waals surface area (Å²) in [4.78, 5) is 31.5. The van der Waals surface area contributed by atoms with Gasteiger partial charge in [-0.15, -0.1) is 0 Å². The molecule has 11 heteroatoms. The van der Waals surface area contributed by atoms with E-state index in [1.807, 2.05) is 25.1 Å². The number of carbonyl (C=O) groups excluding carboxylic acids is 1. The van der Waals surface area contributed by atoms with E-state index in [4.69, 9.17) is 0 Å². The lowest BCUT2D eigenvalue weighted by atomic mass is 9.97. The molecule has 1 aliphatic heterocycles. The molecular formula is C26H29N7O3S. The number of carbonyl (C=O) groups is 1. The molecule has 37 heavy (non-hydrogen) atoms. The van der Waals surface area contributed by atoms with Gasteiger partial charge in [-0.05, 0) is 75.6 Å². The first-order chi connectivity index (χ1) is 17.5. The number of sulfonamides is 1. The van der Waals surface area contributed by atoms with Crippen LogP contribution in [0, 0.1) is 12.8 Å². The van der Waals surface area contributed by atoms with Crippen LogP contribution in [0.1, 0.15) is 43.4 Å². The second kappa shape index (κ2) is 9.15. The maximum Gasteiger partial charge on any atom is 0.281 e. The third-order valence-electron chi connectivity index (χ3n) is 6.46. The van der Waals surface area contributed by atoms with Crippen LogP contribution in [0.25, 0.3) is 11.0 Å². The van der Waals surface area contributed by atoms with Crippen LogP contribution in [-0.2, 0) is 10.0 Å². The first-order valence-corrected chi connectivity index (χ1v) is 13.5. The number of aromatic nitrogens is 4. The summed E-state index contributed by atoms with van der Waals surface area (Å²) >= 11 is 0. The van der Waals surface area contributed by atoms with Gasteiger partial charge in [-0.25, -0.2) is 19.7 Å². The Morgan fingerprint density at radius 2 is 1.95 bits per heavy atom. The number of pyridine rings is 2. The van der Waals surface area contributed by atoms with Gasteiger partial charge in [0, 0.05) is 24.0 Å². The van der Waals surface area contributed by atoms with Gasteiger partial charge >= 0.3 is 0 Å². The zero-order valence-corrected chi connectivity index (χ0v) is 21.9. The molecule has 3 aromatic heterocycles. The lowest BCUT2D eigenvalue weighted by Crippen LogP contribution is -2.41. The van der Waals surface area contributed by atoms with Gasteiger partial charge in [0.05, 0.1) is 16.6 Å². The largest absolute Gasteiger partial charge is 0.351 e. The number of nitrogens with one attached hydrogen (secondary N) is 3. The molecule has 192 valence electrons. The Labute approximate surface area is 215 Å². The quantitative estimate of drug-likeness (QED) is 0.346. The third-order valence-corrected chi connectivity index (χ3v) is 7.69. The van der Waals surface area contributed by atoms with E-state index in [0.717, 1.165) is 29.8 Å². The van der Waals surface area contributed by atoms with Crippen molar-refractivity contribution in [1.29, 1.82) is 0 Å². The fourth-order valence-electron chi connectivity index (χ4n) is 4.97. The average molecular weight is 520 g/mol. The number of rotatable bonds is 6. The number of benzene rings is 1. The summed E-state index contributed by atoms with van der Waals surface area (Å²) in [6, 6.07) is 13.3. The van der Waals surface area contributed by atoms with Crippen LogP contribution >= 0.6 is 0 Å². The van der Waals surface area contributed by atoms with Crippen LogP contribution < -0.4 is 14.9 Å². The predicted molar refractivity (Wildman–Crippen MR) is 142 cm³/mol. The molecule has 5 rings (SSSR count). The van der Waals surface area contributed by atoms with E-state index >= 15 is 0 Å². The number of aromatic amines is 1. The monoisotopic (exact) mass is 519 g/mol. The summed E-state index contributed by atoms with van der Waals surface area (Å²) < 4.78 is 28.5. The zero-order chi connectivity index (χ0) is 26.4. The van der Waals surface area contributed by atoms with E-state index in [0.29, 0.717) is 23.2 Å². The Morgan fingerprint density at radius 1 is 1.14 bits per heavy atom. The highest BCUT2D eigenvalue weighted by Gasteiger charge is 2.39. The van der Waals surface area contributed by atoms with Gasteiger partial charge in [0.25, 0.3) is 15.9 Å². The third kappa shape index (κ3) is 4.99. The number of nitrogens with zero attached hydrogens (tertiary/aromatic N) is 4. The molecule has 1 aromatic carbocycles. The molecule has 0 bridgehead atoms. The Balaban J connectivity index is 1.37. The first kappa shape index (κ1) is 24.7. The summed E-state index contributed by atoms with van der Waals surface area (Å²) in [5.41, 5.74) is 2.38. The van der Waals surface area contributed by atoms with E-state index in [9.17, 15) is 13.2 Å². The van der Waals surface area contributed by atoms with Gasteiger partial charge in [0.1, 0.15) is 17.5 Å². The molecule has 3 N–H and O–H groups in total. The molecule has 0 spiro atoms. The van der Waals surface area contributed by atoms with Gasteiger partial charge in [-0.1, -0.05) is 13.0 Å². The van der Waals surface area contributed by atoms with Crippen molar-refractivity contribution in [2.75, 3.05) is 16.8 Å². The van der Waals surface area contributed by atoms with Gasteiger partial charge in [0.15, 0.2) is 5.03 Å². The number of amides is 1. The van der Waals surface area contributed by atoms with Crippen LogP contribution in [0.2, 0.25) is 0 Å². The van der Waals surface area contributed by atoms with Crippen LogP contribution in [0.15, 0.2) is 59.8 Å². The van der Waals surface area contributed by atoms with Gasteiger partial charge in [0.2, 0.25) is 0 Å². The van der Waals surface area contributed by atoms with Crippen molar-refractivity contribution >= 4 is 44.3 Å². The highest BCUT2D eigenvalue weighted by Crippen LogP contribution is 2.37. The molecule has 0 radical (unpaired) electrons. The molecule has 1 atom stereocenters. The van der Waals surface area contributed by atoms with E-state index in [-0.39, 0.29) is 16.1 Å². The molecular weight excluding hydrogens is 490 g/mol. The van der Waals surface area contributed by atoms with Crippen molar-refractivity contribution in [3.8, 4) is 0 Å². The van der Waals surface area contributed by atoms with Gasteiger partial charge < -0.3 is 15.2 Å². The van der Waals surface area contributed by atoms with Crippen LogP contribution in [0.4, 0.5) is 17.3 Å². The van der Waals surface area contributed by atoms with Crippen molar-refractivity contribution in [3.63, 3.8) is 0 Å². The molecule has 0 aliphatic carbocycles. The molecule has 1 fully saturated rings. The molecule has 0 saturated carbocycles. The summed E-state index contributed by atoms with van der Waals surface area (Å²) in [5.74, 6) is 1.26. The van der Waals surface area contributed by atoms with E-state index in [1.165, 1.54) is 6.07 Å². The van der Waals surface area contributed by atoms with Crippen molar-refractivity contribution < 1.29 is 13.2 Å². The molecule has 4 aromatic rings. The summed E-state index contributed by atoms with van der Waals surface area (Å²) in [6.07, 6.45) is 2.55. The number of aryl methyl sites for hydroxylation is 1. The Morgan fingerprint density at radius 3 is 2.70 bits per heavy atom. The number of imidazole rings is 1. The van der Waals surface area contributed by atoms with Crippen LogP contribution in [-0.4, -0.2) is 46.3 Å². The lowest BCUT2D eigenvalue weighted by molar-refractivity contribution is 0.0981. The van der Waals surface area contributed by atoms with E-state index in [2.05, 4.69) is 55.6 Å². The lowest BCUT2D eigenvalue weighted by Gasteiger charge is -2.33. The van der Waals surface area contributed by atoms with Crippen molar-refractivity contribution in [3.05, 3.63) is 66.1 Å². The normalized spacial score (nSPS) is 17.2. The minimum absolute atomic E-state index is 0.200. The van der Waals surface area contributed by atoms with E-state index < -0.39 is 15.9 Å². The highest BCUT2D eigenvalue weighted by atomic mass is 32.2. The van der Waals surface area contributed by atoms with E-state index in [1.54, 1.807) is 30.5 Å². The first-order valence-electron chi connectivity index (χ1n) is 12.0. The van der Waals surface area contributed by atoms with Crippen molar-refractivity contribution in [2.24, 2.45) is 5.92 Å². The number of H-pyrrole nitrogens is 1. The topological polar surface area (TPSA) is 133 Å². The number of hydrogen-bond acceptors (Lipinski definition) is 8. The van der Waals surface area contributed by atoms with Crippen molar-refractivity contribution in [1.82, 2.24) is 24.7 Å². The summed E-state index contributed by atoms with van der Waals surface area (Å²) in [6.45, 7) is 8.94. The average Bonchev–Trinajstić information content (AvgIpc) is 3.34. The number of anilines is 3. The summed E-state index contributed by atoms with van der Waals surface area (Å²) in [7, 11) is -4.25. The second-order valence-corrected chi connectivity index (χ2v) is 11.7. The molecule has 1 aliphatic rings. The number of fused-ring (bicyclic) bond motifs is 1. The Bertz CT molecular complexity index is 1600. The van der Waals surface area contributed by atoms with Gasteiger partial charge in [-0.3, -0.25) is 4.79 Å². The standard InChI is InChI=1S/C26H29N7O3S/c1-16-14-26(3,4)33(15-16)24-19(7-6-12-27-24)25(34)32-37(35,36)23-9-5-8-22(31-23)30-18-10-11-20-21(13-18)29-17(2)28-20/h5-13,16H,14-15H2,1-4H3,(H,28,29)(H,30,31)(H,32,34). The van der Waals surface area contributed by atoms with Gasteiger partial charge in [-0.2, -0.15) is 8.42 Å². The maximum absolute atomic E-state index is 13.2. The predicted octanol–water partition coefficient (Wildman–Crippen LogP) is 4.15. The smallest absolute Gasteiger partial charge is 0.281 e. The molecule has 10 nitrogen and oxygen atoms in total. The fraction of sp³-hybridized carbons (Fsp3) is 0.308. The molecule has 1 unspecified atom stereocenters. The number of hydrogen-bond donors (Lipinski definition) is 3. The summed E-state index contributed by atoms with van der Waals surface area (Å²) in [5, 5.41) is 2.84. The maximum atomic E-state index is 13.2. The van der Waals surface area contributed by atoms with Crippen LogP contribution in [0.5, 0.6) is 0 Å². The molecule has 4 heterocycles. The second-order valence-electron chi connectivity index (χ2n) is 10.1. The fourth-order valence-corrected chi connectivity index (χ4v) is 5.91. The SMILES string of the molecule is Cc1nc2ccc(Nc3cccc(S(=O)(=O)NC(=O)c4cccnc4N4CC(C)CC4(C)C)n3)cc2[nH]1. The zero-order valence-electron chi connectivity index (χ0n) is 21.1. The van der Waals surface area contributed by atoms with Crippen LogP contribution in [0.3, 0.4) is 0 Å². The molecule has 1 saturated heterocycles. The minimum Gasteiger partial charge on any atom is -0.351 e. The van der Waals surface area contributed by atoms with Crippen molar-refractivity contribution in [2.45, 2.75) is 44.7 Å².